The first-order chi connectivity index (χ1) is 8.17. The molecule has 0 saturated carbocycles. The summed E-state index contributed by atoms with van der Waals surface area (Å²) in [5, 5.41) is 0. The van der Waals surface area contributed by atoms with Crippen molar-refractivity contribution in [3.05, 3.63) is 0 Å². The zero-order chi connectivity index (χ0) is 13.1. The van der Waals surface area contributed by atoms with Crippen molar-refractivity contribution < 1.29 is 4.79 Å². The SMILES string of the molecule is CCCCN(C(=O)CCCCCN)C(C)CC. The van der Waals surface area contributed by atoms with Crippen LogP contribution in [-0.2, 0) is 4.79 Å². The largest absolute Gasteiger partial charge is 0.340 e. The van der Waals surface area contributed by atoms with Crippen LogP contribution in [-0.4, -0.2) is 29.9 Å². The monoisotopic (exact) mass is 242 g/mol. The number of nitrogens with zero attached hydrogens (tertiary/aromatic N) is 1. The quantitative estimate of drug-likeness (QED) is 0.599. The van der Waals surface area contributed by atoms with Gasteiger partial charge < -0.3 is 10.6 Å². The summed E-state index contributed by atoms with van der Waals surface area (Å²) in [5.74, 6) is 0.324. The van der Waals surface area contributed by atoms with Gasteiger partial charge in [0.1, 0.15) is 0 Å². The van der Waals surface area contributed by atoms with E-state index in [0.29, 0.717) is 18.4 Å². The molecule has 102 valence electrons. The second-order valence-corrected chi connectivity index (χ2v) is 4.80. The molecule has 0 aromatic heterocycles. The van der Waals surface area contributed by atoms with Crippen LogP contribution >= 0.6 is 0 Å². The highest BCUT2D eigenvalue weighted by Gasteiger charge is 2.17. The van der Waals surface area contributed by atoms with Gasteiger partial charge in [0.05, 0.1) is 0 Å². The van der Waals surface area contributed by atoms with E-state index in [4.69, 9.17) is 5.73 Å². The zero-order valence-electron chi connectivity index (χ0n) is 11.9. The van der Waals surface area contributed by atoms with Gasteiger partial charge in [-0.2, -0.15) is 0 Å². The number of hydrogen-bond acceptors (Lipinski definition) is 2. The van der Waals surface area contributed by atoms with Gasteiger partial charge in [0, 0.05) is 19.0 Å². The molecule has 0 aliphatic rings. The Morgan fingerprint density at radius 1 is 1.18 bits per heavy atom. The van der Waals surface area contributed by atoms with Crippen LogP contribution in [0.2, 0.25) is 0 Å². The molecule has 0 saturated heterocycles. The molecule has 0 aliphatic heterocycles. The zero-order valence-corrected chi connectivity index (χ0v) is 11.9. The lowest BCUT2D eigenvalue weighted by Crippen LogP contribution is -2.38. The summed E-state index contributed by atoms with van der Waals surface area (Å²) in [5.41, 5.74) is 5.45. The minimum absolute atomic E-state index is 0.324. The average Bonchev–Trinajstić information content (AvgIpc) is 2.34. The van der Waals surface area contributed by atoms with Gasteiger partial charge in [0.25, 0.3) is 0 Å². The first kappa shape index (κ1) is 16.4. The first-order valence-electron chi connectivity index (χ1n) is 7.16. The molecule has 1 unspecified atom stereocenters. The second kappa shape index (κ2) is 10.6. The summed E-state index contributed by atoms with van der Waals surface area (Å²) < 4.78 is 0. The van der Waals surface area contributed by atoms with Crippen molar-refractivity contribution >= 4 is 5.91 Å². The van der Waals surface area contributed by atoms with Gasteiger partial charge in [-0.25, -0.2) is 0 Å². The highest BCUT2D eigenvalue weighted by molar-refractivity contribution is 5.76. The minimum Gasteiger partial charge on any atom is -0.340 e. The van der Waals surface area contributed by atoms with E-state index >= 15 is 0 Å². The molecule has 3 heteroatoms. The van der Waals surface area contributed by atoms with E-state index in [2.05, 4.69) is 25.7 Å². The smallest absolute Gasteiger partial charge is 0.222 e. The van der Waals surface area contributed by atoms with Crippen LogP contribution in [0, 0.1) is 0 Å². The third-order valence-corrected chi connectivity index (χ3v) is 3.29. The van der Waals surface area contributed by atoms with Gasteiger partial charge in [0.2, 0.25) is 5.91 Å². The molecule has 0 aromatic carbocycles. The highest BCUT2D eigenvalue weighted by atomic mass is 16.2. The predicted molar refractivity (Wildman–Crippen MR) is 73.9 cm³/mol. The van der Waals surface area contributed by atoms with E-state index < -0.39 is 0 Å². The topological polar surface area (TPSA) is 46.3 Å². The van der Waals surface area contributed by atoms with E-state index in [9.17, 15) is 4.79 Å². The lowest BCUT2D eigenvalue weighted by molar-refractivity contribution is -0.133. The molecule has 17 heavy (non-hydrogen) atoms. The molecule has 2 N–H and O–H groups in total. The summed E-state index contributed by atoms with van der Waals surface area (Å²) >= 11 is 0. The summed E-state index contributed by atoms with van der Waals surface area (Å²) in [7, 11) is 0. The third kappa shape index (κ3) is 7.37. The fraction of sp³-hybridized carbons (Fsp3) is 0.929. The molecule has 0 bridgehead atoms. The number of nitrogens with two attached hydrogens (primary N) is 1. The number of rotatable bonds is 10. The van der Waals surface area contributed by atoms with Gasteiger partial charge in [-0.15, -0.1) is 0 Å². The van der Waals surface area contributed by atoms with Gasteiger partial charge in [0.15, 0.2) is 0 Å². The van der Waals surface area contributed by atoms with E-state index in [0.717, 1.165) is 51.6 Å². The Bertz CT molecular complexity index is 195. The summed E-state index contributed by atoms with van der Waals surface area (Å²) in [6.45, 7) is 8.11. The van der Waals surface area contributed by atoms with Crippen LogP contribution in [0.4, 0.5) is 0 Å². The van der Waals surface area contributed by atoms with Crippen molar-refractivity contribution in [1.82, 2.24) is 4.90 Å². The Morgan fingerprint density at radius 2 is 1.88 bits per heavy atom. The minimum atomic E-state index is 0.324. The fourth-order valence-corrected chi connectivity index (χ4v) is 1.88. The molecule has 0 fully saturated rings. The van der Waals surface area contributed by atoms with E-state index in [1.54, 1.807) is 0 Å². The number of hydrogen-bond donors (Lipinski definition) is 1. The molecule has 0 spiro atoms. The van der Waals surface area contributed by atoms with Crippen LogP contribution in [0.5, 0.6) is 0 Å². The predicted octanol–water partition coefficient (Wildman–Crippen LogP) is 2.93. The van der Waals surface area contributed by atoms with Gasteiger partial charge in [-0.05, 0) is 39.2 Å². The molecular weight excluding hydrogens is 212 g/mol. The Kier molecular flexibility index (Phi) is 10.2. The van der Waals surface area contributed by atoms with Gasteiger partial charge >= 0.3 is 0 Å². The second-order valence-electron chi connectivity index (χ2n) is 4.80. The van der Waals surface area contributed by atoms with E-state index in [1.807, 2.05) is 0 Å². The Balaban J connectivity index is 4.03. The maximum atomic E-state index is 12.1. The Labute approximate surface area is 107 Å². The van der Waals surface area contributed by atoms with Gasteiger partial charge in [-0.1, -0.05) is 26.7 Å². The van der Waals surface area contributed by atoms with Crippen molar-refractivity contribution in [2.24, 2.45) is 5.73 Å². The normalized spacial score (nSPS) is 12.5. The Morgan fingerprint density at radius 3 is 2.41 bits per heavy atom. The maximum Gasteiger partial charge on any atom is 0.222 e. The van der Waals surface area contributed by atoms with Crippen molar-refractivity contribution in [1.29, 1.82) is 0 Å². The van der Waals surface area contributed by atoms with Crippen LogP contribution in [0.3, 0.4) is 0 Å². The molecule has 3 nitrogen and oxygen atoms in total. The molecule has 1 atom stereocenters. The van der Waals surface area contributed by atoms with E-state index in [-0.39, 0.29) is 0 Å². The molecule has 0 radical (unpaired) electrons. The van der Waals surface area contributed by atoms with E-state index in [1.165, 1.54) is 0 Å². The van der Waals surface area contributed by atoms with Crippen LogP contribution in [0.15, 0.2) is 0 Å². The molecule has 1 amide bonds. The summed E-state index contributed by atoms with van der Waals surface area (Å²) in [6.07, 6.45) is 7.07. The van der Waals surface area contributed by atoms with Crippen LogP contribution < -0.4 is 5.73 Å². The fourth-order valence-electron chi connectivity index (χ4n) is 1.88. The highest BCUT2D eigenvalue weighted by Crippen LogP contribution is 2.10. The molecular formula is C14H30N2O. The maximum absolute atomic E-state index is 12.1. The lowest BCUT2D eigenvalue weighted by atomic mass is 10.1. The summed E-state index contributed by atoms with van der Waals surface area (Å²) in [4.78, 5) is 14.2. The third-order valence-electron chi connectivity index (χ3n) is 3.29. The van der Waals surface area contributed by atoms with Crippen LogP contribution in [0.25, 0.3) is 0 Å². The molecule has 0 heterocycles. The number of amides is 1. The lowest BCUT2D eigenvalue weighted by Gasteiger charge is -2.28. The molecule has 0 aromatic rings. The van der Waals surface area contributed by atoms with Crippen molar-refractivity contribution in [3.63, 3.8) is 0 Å². The molecule has 0 aliphatic carbocycles. The Hall–Kier alpha value is -0.570. The number of carbonyl (C=O) groups is 1. The first-order valence-corrected chi connectivity index (χ1v) is 7.16. The van der Waals surface area contributed by atoms with Crippen LogP contribution in [0.1, 0.15) is 65.7 Å². The summed E-state index contributed by atoms with van der Waals surface area (Å²) in [6, 6.07) is 0.378. The standard InChI is InChI=1S/C14H30N2O/c1-4-6-12-16(13(3)5-2)14(17)10-8-7-9-11-15/h13H,4-12,15H2,1-3H3. The van der Waals surface area contributed by atoms with Crippen molar-refractivity contribution in [2.45, 2.75) is 71.8 Å². The van der Waals surface area contributed by atoms with Crippen molar-refractivity contribution in [2.75, 3.05) is 13.1 Å². The van der Waals surface area contributed by atoms with Crippen molar-refractivity contribution in [3.8, 4) is 0 Å². The van der Waals surface area contributed by atoms with Gasteiger partial charge in [-0.3, -0.25) is 4.79 Å². The average molecular weight is 242 g/mol. The number of carbonyl (C=O) groups excluding carboxylic acids is 1. The number of unbranched alkanes of at least 4 members (excludes halogenated alkanes) is 3. The molecule has 0 rings (SSSR count).